The normalized spacial score (nSPS) is 13.4. The van der Waals surface area contributed by atoms with E-state index in [0.29, 0.717) is 101 Å². The zero-order valence-corrected chi connectivity index (χ0v) is 44.3. The molecular formula is C56H58N12O10. The first-order chi connectivity index (χ1) is 37.6. The maximum absolute atomic E-state index is 14.8. The quantitative estimate of drug-likeness (QED) is 0.0676. The standard InChI is InChI=1S/C56H58N12O10/c1-29-49(33(5)77-63-29)37-23-41-35(25-47(37)73-7)51-45(27-61-41)67(55(71)65(51)31(3)39-13-9-11-17-59-39)43(53(57)69)15-19-75-21-22-76-20-16-44(54(58)70)68-46-28-62-42-24-38(50-30(2)64-78-34(50)6)48(74-8)26-36(42)52(46)66(56(68)72)32(4)40-14-10-12-18-60-40/h9-14,17-18,23-28,31-32,43-44H,15-16,19-22H2,1-8H3,(H2,57,69)(H2,58,70)/t31-,32-,43?,44?/m1/s1. The van der Waals surface area contributed by atoms with Gasteiger partial charge in [-0.15, -0.1) is 0 Å². The number of ether oxygens (including phenoxy) is 4. The van der Waals surface area contributed by atoms with Crippen LogP contribution in [0, 0.1) is 27.7 Å². The van der Waals surface area contributed by atoms with E-state index in [2.05, 4.69) is 20.3 Å². The molecule has 2 aromatic carbocycles. The molecule has 0 aliphatic rings. The number of hydrogen-bond donors (Lipinski definition) is 2. The molecule has 0 aliphatic carbocycles. The molecule has 402 valence electrons. The summed E-state index contributed by atoms with van der Waals surface area (Å²) in [5, 5.41) is 9.46. The molecule has 0 fully saturated rings. The molecule has 8 heterocycles. The van der Waals surface area contributed by atoms with Crippen molar-refractivity contribution in [1.82, 2.24) is 48.5 Å². The molecule has 78 heavy (non-hydrogen) atoms. The van der Waals surface area contributed by atoms with Crippen molar-refractivity contribution < 1.29 is 37.6 Å². The van der Waals surface area contributed by atoms with E-state index in [9.17, 15) is 19.2 Å². The number of carbonyl (C=O) groups excluding carboxylic acids is 2. The number of aryl methyl sites for hydroxylation is 4. The third kappa shape index (κ3) is 9.21. The number of benzene rings is 2. The molecule has 4 N–H and O–H groups in total. The van der Waals surface area contributed by atoms with E-state index >= 15 is 0 Å². The number of nitrogens with two attached hydrogens (primary N) is 2. The fourth-order valence-electron chi connectivity index (χ4n) is 10.7. The van der Waals surface area contributed by atoms with Gasteiger partial charge in [0.2, 0.25) is 11.8 Å². The second kappa shape index (κ2) is 21.5. The van der Waals surface area contributed by atoms with Crippen molar-refractivity contribution >= 4 is 55.7 Å². The highest BCUT2D eigenvalue weighted by atomic mass is 16.5. The molecule has 0 saturated heterocycles. The van der Waals surface area contributed by atoms with Crippen molar-refractivity contribution in [2.24, 2.45) is 11.5 Å². The molecule has 22 heteroatoms. The zero-order valence-electron chi connectivity index (χ0n) is 44.3. The number of imidazole rings is 2. The van der Waals surface area contributed by atoms with E-state index in [1.807, 2.05) is 90.1 Å². The largest absolute Gasteiger partial charge is 0.496 e. The van der Waals surface area contributed by atoms with Crippen LogP contribution < -0.4 is 32.3 Å². The molecule has 2 unspecified atom stereocenters. The van der Waals surface area contributed by atoms with E-state index in [-0.39, 0.29) is 39.3 Å². The van der Waals surface area contributed by atoms with Crippen LogP contribution in [0.1, 0.15) is 85.2 Å². The van der Waals surface area contributed by atoms with Crippen LogP contribution in [0.5, 0.6) is 11.5 Å². The molecule has 22 nitrogen and oxygen atoms in total. The fourth-order valence-corrected chi connectivity index (χ4v) is 10.7. The van der Waals surface area contributed by atoms with Crippen LogP contribution in [0.3, 0.4) is 0 Å². The van der Waals surface area contributed by atoms with E-state index < -0.39 is 47.4 Å². The average Bonchev–Trinajstić information content (AvgIpc) is 4.36. The lowest BCUT2D eigenvalue weighted by molar-refractivity contribution is -0.122. The van der Waals surface area contributed by atoms with Gasteiger partial charge < -0.3 is 39.5 Å². The molecule has 10 rings (SSSR count). The lowest BCUT2D eigenvalue weighted by Gasteiger charge is -2.17. The number of hydrogen-bond acceptors (Lipinski definition) is 16. The molecule has 0 aliphatic heterocycles. The minimum Gasteiger partial charge on any atom is -0.496 e. The molecule has 2 amide bonds. The van der Waals surface area contributed by atoms with Crippen molar-refractivity contribution in [3.8, 4) is 33.8 Å². The third-order valence-electron chi connectivity index (χ3n) is 14.4. The summed E-state index contributed by atoms with van der Waals surface area (Å²) in [6, 6.07) is 14.8. The molecule has 0 bridgehead atoms. The monoisotopic (exact) mass is 1060 g/mol. The molecule has 4 atom stereocenters. The number of aromatic nitrogens is 10. The molecular weight excluding hydrogens is 1000 g/mol. The highest BCUT2D eigenvalue weighted by molar-refractivity contribution is 6.07. The van der Waals surface area contributed by atoms with Crippen molar-refractivity contribution in [3.63, 3.8) is 0 Å². The Labute approximate surface area is 445 Å². The maximum atomic E-state index is 14.8. The van der Waals surface area contributed by atoms with Gasteiger partial charge in [-0.1, -0.05) is 22.4 Å². The fraction of sp³-hybridized carbons (Fsp3) is 0.321. The van der Waals surface area contributed by atoms with Crippen LogP contribution in [0.15, 0.2) is 104 Å². The van der Waals surface area contributed by atoms with Gasteiger partial charge in [0.1, 0.15) is 35.1 Å². The molecule has 10 aromatic rings. The van der Waals surface area contributed by atoms with Crippen LogP contribution in [-0.2, 0) is 19.1 Å². The van der Waals surface area contributed by atoms with Crippen LogP contribution in [0.4, 0.5) is 0 Å². The Morgan fingerprint density at radius 3 is 1.32 bits per heavy atom. The third-order valence-corrected chi connectivity index (χ3v) is 14.4. The number of fused-ring (bicyclic) bond motifs is 6. The van der Waals surface area contributed by atoms with Crippen LogP contribution in [0.25, 0.3) is 66.1 Å². The number of pyridine rings is 4. The van der Waals surface area contributed by atoms with Gasteiger partial charge in [-0.05, 0) is 90.1 Å². The SMILES string of the molecule is COc1cc2c(cc1-c1c(C)noc1C)ncc1c2n([C@H](C)c2ccccn2)c(=O)n1C(CCOCCOCCC(C(N)=O)n1c(=O)n([C@H](C)c2ccccn2)c2c3cc(OC)c(-c4c(C)noc4C)cc3ncc21)C(N)=O. The Kier molecular flexibility index (Phi) is 14.5. The number of methoxy groups -OCH3 is 2. The summed E-state index contributed by atoms with van der Waals surface area (Å²) in [6.45, 7) is 11.2. The van der Waals surface area contributed by atoms with Crippen LogP contribution in [0.2, 0.25) is 0 Å². The van der Waals surface area contributed by atoms with Gasteiger partial charge in [-0.2, -0.15) is 0 Å². The minimum absolute atomic E-state index is 0.0141. The predicted molar refractivity (Wildman–Crippen MR) is 289 cm³/mol. The summed E-state index contributed by atoms with van der Waals surface area (Å²) in [4.78, 5) is 75.2. The van der Waals surface area contributed by atoms with E-state index in [0.717, 1.165) is 11.1 Å². The van der Waals surface area contributed by atoms with Gasteiger partial charge in [0, 0.05) is 60.3 Å². The Morgan fingerprint density at radius 1 is 0.577 bits per heavy atom. The number of primary amides is 2. The Hall–Kier alpha value is -9.02. The number of amides is 2. The number of carbonyl (C=O) groups is 2. The highest BCUT2D eigenvalue weighted by Gasteiger charge is 2.32. The zero-order chi connectivity index (χ0) is 55.1. The second-order valence-electron chi connectivity index (χ2n) is 19.1. The van der Waals surface area contributed by atoms with Crippen LogP contribution >= 0.6 is 0 Å². The smallest absolute Gasteiger partial charge is 0.330 e. The maximum Gasteiger partial charge on any atom is 0.330 e. The van der Waals surface area contributed by atoms with Crippen molar-refractivity contribution in [2.45, 2.75) is 78.6 Å². The molecule has 8 aromatic heterocycles. The van der Waals surface area contributed by atoms with Crippen molar-refractivity contribution in [2.75, 3.05) is 40.6 Å². The van der Waals surface area contributed by atoms with Gasteiger partial charge >= 0.3 is 11.4 Å². The van der Waals surface area contributed by atoms with Crippen LogP contribution in [-0.4, -0.2) is 101 Å². The lowest BCUT2D eigenvalue weighted by Crippen LogP contribution is -2.36. The van der Waals surface area contributed by atoms with Gasteiger partial charge in [0.25, 0.3) is 0 Å². The summed E-state index contributed by atoms with van der Waals surface area (Å²) >= 11 is 0. The topological polar surface area (TPSA) is 281 Å². The van der Waals surface area contributed by atoms with Gasteiger partial charge in [-0.3, -0.25) is 47.8 Å². The number of nitrogens with zero attached hydrogens (tertiary/aromatic N) is 10. The summed E-state index contributed by atoms with van der Waals surface area (Å²) in [6.07, 6.45) is 6.50. The van der Waals surface area contributed by atoms with E-state index in [1.54, 1.807) is 60.3 Å². The van der Waals surface area contributed by atoms with E-state index in [1.165, 1.54) is 9.13 Å². The molecule has 0 spiro atoms. The van der Waals surface area contributed by atoms with Gasteiger partial charge in [0.15, 0.2) is 0 Å². The summed E-state index contributed by atoms with van der Waals surface area (Å²) in [5.41, 5.74) is 19.6. The van der Waals surface area contributed by atoms with Crippen molar-refractivity contribution in [3.05, 3.63) is 141 Å². The first-order valence-corrected chi connectivity index (χ1v) is 25.3. The van der Waals surface area contributed by atoms with Gasteiger partial charge in [0.05, 0.1) is 119 Å². The average molecular weight is 1060 g/mol. The Bertz CT molecular complexity index is 3730. The van der Waals surface area contributed by atoms with Gasteiger partial charge in [-0.25, -0.2) is 9.59 Å². The first kappa shape index (κ1) is 52.4. The highest BCUT2D eigenvalue weighted by Crippen LogP contribution is 2.42. The molecule has 0 saturated carbocycles. The molecule has 0 radical (unpaired) electrons. The summed E-state index contributed by atoms with van der Waals surface area (Å²) < 4.78 is 40.7. The predicted octanol–water partition coefficient (Wildman–Crippen LogP) is 7.15. The minimum atomic E-state index is -1.14. The number of rotatable bonds is 21. The summed E-state index contributed by atoms with van der Waals surface area (Å²) in [5.74, 6) is 0.712. The second-order valence-corrected chi connectivity index (χ2v) is 19.1. The lowest BCUT2D eigenvalue weighted by atomic mass is 10.00. The first-order valence-electron chi connectivity index (χ1n) is 25.3. The van der Waals surface area contributed by atoms with Crippen molar-refractivity contribution in [1.29, 1.82) is 0 Å². The Morgan fingerprint density at radius 2 is 0.987 bits per heavy atom. The summed E-state index contributed by atoms with van der Waals surface area (Å²) in [7, 11) is 3.12. The Balaban J connectivity index is 0.887. The van der Waals surface area contributed by atoms with E-state index in [4.69, 9.17) is 49.4 Å².